The summed E-state index contributed by atoms with van der Waals surface area (Å²) >= 11 is 1.32. The van der Waals surface area contributed by atoms with Gasteiger partial charge in [0.15, 0.2) is 0 Å². The monoisotopic (exact) mass is 436 g/mol. The molecule has 0 unspecified atom stereocenters. The van der Waals surface area contributed by atoms with Crippen LogP contribution in [0.15, 0.2) is 36.7 Å². The van der Waals surface area contributed by atoms with E-state index < -0.39 is 0 Å². The SMILES string of the molecule is COc1ccccc1NC(=O)N1CCc2c(sc(NC(=O)c3cnn(C)c3)c2C#N)C1. The summed E-state index contributed by atoms with van der Waals surface area (Å²) in [6.07, 6.45) is 3.62. The van der Waals surface area contributed by atoms with E-state index in [9.17, 15) is 14.9 Å². The summed E-state index contributed by atoms with van der Waals surface area (Å²) in [4.78, 5) is 27.9. The minimum atomic E-state index is -0.325. The number of carbonyl (C=O) groups is 2. The fraction of sp³-hybridized carbons (Fsp3) is 0.238. The number of para-hydroxylation sites is 2. The molecule has 1 aromatic carbocycles. The van der Waals surface area contributed by atoms with Crippen molar-refractivity contribution in [3.05, 3.63) is 58.2 Å². The van der Waals surface area contributed by atoms with Gasteiger partial charge < -0.3 is 20.3 Å². The number of hydrogen-bond donors (Lipinski definition) is 2. The predicted molar refractivity (Wildman–Crippen MR) is 116 cm³/mol. The van der Waals surface area contributed by atoms with Gasteiger partial charge in [0.1, 0.15) is 16.8 Å². The topological polar surface area (TPSA) is 112 Å². The van der Waals surface area contributed by atoms with Crippen LogP contribution in [0.2, 0.25) is 0 Å². The molecule has 3 aromatic rings. The number of nitrogens with zero attached hydrogens (tertiary/aromatic N) is 4. The first-order valence-corrected chi connectivity index (χ1v) is 10.4. The Kier molecular flexibility index (Phi) is 5.60. The van der Waals surface area contributed by atoms with Crippen LogP contribution in [0.3, 0.4) is 0 Å². The second-order valence-corrected chi connectivity index (χ2v) is 8.08. The molecule has 31 heavy (non-hydrogen) atoms. The summed E-state index contributed by atoms with van der Waals surface area (Å²) in [5, 5.41) is 19.8. The highest BCUT2D eigenvalue weighted by Crippen LogP contribution is 2.37. The van der Waals surface area contributed by atoms with E-state index in [0.717, 1.165) is 10.4 Å². The van der Waals surface area contributed by atoms with Crippen LogP contribution >= 0.6 is 11.3 Å². The smallest absolute Gasteiger partial charge is 0.322 e. The molecular formula is C21H20N6O3S. The van der Waals surface area contributed by atoms with Crippen LogP contribution in [0.25, 0.3) is 0 Å². The van der Waals surface area contributed by atoms with Crippen molar-refractivity contribution >= 4 is 34.0 Å². The Morgan fingerprint density at radius 3 is 2.81 bits per heavy atom. The summed E-state index contributed by atoms with van der Waals surface area (Å²) in [5.74, 6) is 0.255. The molecule has 2 aromatic heterocycles. The second kappa shape index (κ2) is 8.49. The van der Waals surface area contributed by atoms with Crippen LogP contribution in [-0.2, 0) is 20.0 Å². The zero-order chi connectivity index (χ0) is 22.0. The van der Waals surface area contributed by atoms with E-state index in [-0.39, 0.29) is 11.9 Å². The summed E-state index contributed by atoms with van der Waals surface area (Å²) in [6.45, 7) is 0.827. The molecule has 0 radical (unpaired) electrons. The molecule has 0 atom stereocenters. The lowest BCUT2D eigenvalue weighted by atomic mass is 10.0. The average Bonchev–Trinajstić information content (AvgIpc) is 3.36. The lowest BCUT2D eigenvalue weighted by Crippen LogP contribution is -2.38. The minimum absolute atomic E-state index is 0.247. The molecule has 0 aliphatic carbocycles. The number of aryl methyl sites for hydroxylation is 1. The van der Waals surface area contributed by atoms with Gasteiger partial charge >= 0.3 is 6.03 Å². The summed E-state index contributed by atoms with van der Waals surface area (Å²) in [7, 11) is 3.28. The highest BCUT2D eigenvalue weighted by molar-refractivity contribution is 7.16. The number of carbonyl (C=O) groups excluding carboxylic acids is 2. The molecule has 9 nitrogen and oxygen atoms in total. The fourth-order valence-electron chi connectivity index (χ4n) is 3.44. The summed E-state index contributed by atoms with van der Waals surface area (Å²) in [6, 6.07) is 9.16. The van der Waals surface area contributed by atoms with E-state index in [1.807, 2.05) is 12.1 Å². The number of amides is 3. The van der Waals surface area contributed by atoms with Crippen molar-refractivity contribution in [2.45, 2.75) is 13.0 Å². The van der Waals surface area contributed by atoms with Gasteiger partial charge in [-0.25, -0.2) is 4.79 Å². The van der Waals surface area contributed by atoms with Gasteiger partial charge in [-0.1, -0.05) is 12.1 Å². The lowest BCUT2D eigenvalue weighted by molar-refractivity contribution is 0.102. The average molecular weight is 436 g/mol. The number of aromatic nitrogens is 2. The molecule has 10 heteroatoms. The van der Waals surface area contributed by atoms with Gasteiger partial charge in [0.25, 0.3) is 5.91 Å². The zero-order valence-corrected chi connectivity index (χ0v) is 17.8. The quantitative estimate of drug-likeness (QED) is 0.652. The van der Waals surface area contributed by atoms with Crippen LogP contribution in [0.4, 0.5) is 15.5 Å². The predicted octanol–water partition coefficient (Wildman–Crippen LogP) is 3.20. The van der Waals surface area contributed by atoms with Crippen LogP contribution in [0.1, 0.15) is 26.4 Å². The Morgan fingerprint density at radius 1 is 1.29 bits per heavy atom. The van der Waals surface area contributed by atoms with Crippen LogP contribution in [0.5, 0.6) is 5.75 Å². The first-order valence-electron chi connectivity index (χ1n) is 9.53. The maximum atomic E-state index is 12.8. The molecule has 1 aliphatic rings. The van der Waals surface area contributed by atoms with Gasteiger partial charge in [0, 0.05) is 24.7 Å². The zero-order valence-electron chi connectivity index (χ0n) is 17.0. The van der Waals surface area contributed by atoms with E-state index in [4.69, 9.17) is 4.74 Å². The number of methoxy groups -OCH3 is 1. The maximum absolute atomic E-state index is 12.8. The van der Waals surface area contributed by atoms with Crippen molar-refractivity contribution in [1.82, 2.24) is 14.7 Å². The minimum Gasteiger partial charge on any atom is -0.495 e. The van der Waals surface area contributed by atoms with Gasteiger partial charge in [-0.3, -0.25) is 9.48 Å². The van der Waals surface area contributed by atoms with E-state index in [2.05, 4.69) is 21.8 Å². The second-order valence-electron chi connectivity index (χ2n) is 6.98. The van der Waals surface area contributed by atoms with Crippen molar-refractivity contribution in [2.75, 3.05) is 24.3 Å². The normalized spacial score (nSPS) is 12.6. The third kappa shape index (κ3) is 4.08. The molecule has 4 rings (SSSR count). The van der Waals surface area contributed by atoms with E-state index in [0.29, 0.717) is 47.1 Å². The standard InChI is InChI=1S/C21H20N6O3S/c1-26-11-13(10-23-26)19(28)25-20-15(9-22)14-7-8-27(12-18(14)31-20)21(29)24-16-5-3-4-6-17(16)30-2/h3-6,10-11H,7-8,12H2,1-2H3,(H,24,29)(H,25,28). The van der Waals surface area contributed by atoms with E-state index in [1.165, 1.54) is 22.2 Å². The van der Waals surface area contributed by atoms with E-state index >= 15 is 0 Å². The number of nitriles is 1. The Morgan fingerprint density at radius 2 is 2.10 bits per heavy atom. The summed E-state index contributed by atoms with van der Waals surface area (Å²) < 4.78 is 6.82. The Labute approximate surface area is 182 Å². The molecule has 1 aliphatic heterocycles. The van der Waals surface area contributed by atoms with Crippen molar-refractivity contribution in [1.29, 1.82) is 5.26 Å². The number of ether oxygens (including phenoxy) is 1. The Bertz CT molecular complexity index is 1190. The van der Waals surface area contributed by atoms with Gasteiger partial charge in [0.2, 0.25) is 0 Å². The van der Waals surface area contributed by atoms with Crippen LogP contribution in [0, 0.1) is 11.3 Å². The number of benzene rings is 1. The number of anilines is 2. The lowest BCUT2D eigenvalue weighted by Gasteiger charge is -2.27. The number of urea groups is 1. The number of hydrogen-bond acceptors (Lipinski definition) is 6. The van der Waals surface area contributed by atoms with Crippen LogP contribution in [-0.4, -0.2) is 40.3 Å². The molecule has 0 bridgehead atoms. The largest absolute Gasteiger partial charge is 0.495 e. The fourth-order valence-corrected chi connectivity index (χ4v) is 4.65. The van der Waals surface area contributed by atoms with E-state index in [1.54, 1.807) is 37.4 Å². The number of thiophene rings is 1. The molecule has 0 spiro atoms. The maximum Gasteiger partial charge on any atom is 0.322 e. The van der Waals surface area contributed by atoms with Crippen molar-refractivity contribution in [3.63, 3.8) is 0 Å². The van der Waals surface area contributed by atoms with Crippen molar-refractivity contribution in [2.24, 2.45) is 7.05 Å². The molecule has 0 saturated carbocycles. The molecule has 3 amide bonds. The van der Waals surface area contributed by atoms with Crippen molar-refractivity contribution < 1.29 is 14.3 Å². The Hall–Kier alpha value is -3.84. The highest BCUT2D eigenvalue weighted by Gasteiger charge is 2.28. The van der Waals surface area contributed by atoms with Crippen molar-refractivity contribution in [3.8, 4) is 11.8 Å². The first kappa shape index (κ1) is 20.4. The van der Waals surface area contributed by atoms with Gasteiger partial charge in [-0.2, -0.15) is 10.4 Å². The number of rotatable bonds is 4. The van der Waals surface area contributed by atoms with Gasteiger partial charge in [-0.15, -0.1) is 11.3 Å². The molecule has 0 saturated heterocycles. The Balaban J connectivity index is 1.51. The molecular weight excluding hydrogens is 416 g/mol. The summed E-state index contributed by atoms with van der Waals surface area (Å²) in [5.41, 5.74) is 2.35. The molecule has 3 heterocycles. The molecule has 2 N–H and O–H groups in total. The van der Waals surface area contributed by atoms with Gasteiger partial charge in [-0.05, 0) is 24.1 Å². The third-order valence-corrected chi connectivity index (χ3v) is 6.13. The molecule has 0 fully saturated rings. The first-order chi connectivity index (χ1) is 15.0. The third-order valence-electron chi connectivity index (χ3n) is 5.00. The van der Waals surface area contributed by atoms with Crippen LogP contribution < -0.4 is 15.4 Å². The van der Waals surface area contributed by atoms with Gasteiger partial charge in [0.05, 0.1) is 36.7 Å². The molecule has 158 valence electrons. The highest BCUT2D eigenvalue weighted by atomic mass is 32.1. The number of nitrogens with one attached hydrogen (secondary N) is 2. The number of fused-ring (bicyclic) bond motifs is 1.